The highest BCUT2D eigenvalue weighted by Crippen LogP contribution is 2.18. The first-order valence-electron chi connectivity index (χ1n) is 29.9. The lowest BCUT2D eigenvalue weighted by Gasteiger charge is -2.26. The molecule has 19 nitrogen and oxygen atoms in total. The molecule has 1 heterocycles. The quantitative estimate of drug-likeness (QED) is 0.0466. The van der Waals surface area contributed by atoms with Gasteiger partial charge in [-0.1, -0.05) is 85.0 Å². The van der Waals surface area contributed by atoms with E-state index >= 15 is 0 Å². The van der Waals surface area contributed by atoms with Crippen molar-refractivity contribution in [2.45, 2.75) is 232 Å². The lowest BCUT2D eigenvalue weighted by atomic mass is 10.1. The number of aromatic nitrogens is 3. The maximum atomic E-state index is 13.9. The average molecular weight is 1150 g/mol. The second-order valence-corrected chi connectivity index (χ2v) is 33.5. The monoisotopic (exact) mass is 1140 g/mol. The van der Waals surface area contributed by atoms with Gasteiger partial charge in [-0.05, 0) is 121 Å². The molecule has 0 aliphatic heterocycles. The first-order chi connectivity index (χ1) is 36.8. The van der Waals surface area contributed by atoms with Crippen molar-refractivity contribution in [3.8, 4) is 0 Å². The number of carbonyl (C=O) groups excluding carboxylic acids is 3. The van der Waals surface area contributed by atoms with Crippen LogP contribution in [0.2, 0.25) is 44.3 Å². The van der Waals surface area contributed by atoms with Crippen molar-refractivity contribution in [3.05, 3.63) is 31.5 Å². The summed E-state index contributed by atoms with van der Waals surface area (Å²) in [6.07, 6.45) is 18.6. The molecule has 2 N–H and O–H groups in total. The number of nitrogens with zero attached hydrogens (tertiary/aromatic N) is 6. The van der Waals surface area contributed by atoms with Crippen LogP contribution in [-0.4, -0.2) is 160 Å². The first-order valence-corrected chi connectivity index (χ1v) is 38.1. The summed E-state index contributed by atoms with van der Waals surface area (Å²) in [5, 5.41) is 6.19. The predicted molar refractivity (Wildman–Crippen MR) is 319 cm³/mol. The molecule has 0 fully saturated rings. The van der Waals surface area contributed by atoms with E-state index in [9.17, 15) is 28.8 Å². The van der Waals surface area contributed by atoms with Gasteiger partial charge in [0.05, 0.1) is 0 Å². The Hall–Kier alpha value is -3.13. The van der Waals surface area contributed by atoms with Crippen LogP contribution in [0.15, 0.2) is 14.4 Å². The summed E-state index contributed by atoms with van der Waals surface area (Å²) in [6, 6.07) is 2.52. The predicted octanol–water partition coefficient (Wildman–Crippen LogP) is 9.64. The lowest BCUT2D eigenvalue weighted by molar-refractivity contribution is -0.131. The highest BCUT2D eigenvalue weighted by molar-refractivity contribution is 6.71. The zero-order chi connectivity index (χ0) is 57.5. The van der Waals surface area contributed by atoms with Crippen LogP contribution in [0.3, 0.4) is 0 Å². The van der Waals surface area contributed by atoms with E-state index in [1.807, 2.05) is 27.8 Å². The maximum Gasteiger partial charge on any atom is 0.336 e. The van der Waals surface area contributed by atoms with Gasteiger partial charge in [-0.2, -0.15) is 0 Å². The van der Waals surface area contributed by atoms with Crippen molar-refractivity contribution in [2.24, 2.45) is 0 Å². The second-order valence-electron chi connectivity index (χ2n) is 21.9. The summed E-state index contributed by atoms with van der Waals surface area (Å²) < 4.78 is 32.0. The van der Waals surface area contributed by atoms with E-state index in [2.05, 4.69) is 44.5 Å². The van der Waals surface area contributed by atoms with Crippen LogP contribution in [0.1, 0.15) is 168 Å². The minimum Gasteiger partial charge on any atom is -0.420 e. The van der Waals surface area contributed by atoms with Crippen LogP contribution >= 0.6 is 0 Å². The van der Waals surface area contributed by atoms with Gasteiger partial charge in [0.2, 0.25) is 5.91 Å². The molecule has 0 unspecified atom stereocenters. The largest absolute Gasteiger partial charge is 0.420 e. The van der Waals surface area contributed by atoms with Crippen LogP contribution in [0.4, 0.5) is 9.59 Å². The SMILES string of the molecule is CCCCN(CCC[Si](C)(OC)OC)C(=O)CCCCCCCn1c(=O)n(CCCCCCNC(=O)N(CCCC)CCC[Si](C)(C)OC)c(=O)n(CCCCCCNC(=O)N(CCCC)CCC[Si](C)(OC)OC)c1=O. The zero-order valence-electron chi connectivity index (χ0n) is 50.8. The van der Waals surface area contributed by atoms with Gasteiger partial charge >= 0.3 is 46.3 Å². The van der Waals surface area contributed by atoms with E-state index in [1.54, 1.807) is 35.5 Å². The molecule has 450 valence electrons. The molecule has 0 bridgehead atoms. The Morgan fingerprint density at radius 1 is 0.403 bits per heavy atom. The Bertz CT molecular complexity index is 1830. The molecule has 0 saturated carbocycles. The van der Waals surface area contributed by atoms with Crippen LogP contribution < -0.4 is 27.7 Å². The molecular weight excluding hydrogens is 1030 g/mol. The first kappa shape index (κ1) is 71.9. The van der Waals surface area contributed by atoms with Crippen LogP contribution in [0, 0.1) is 0 Å². The third-order valence-corrected chi connectivity index (χ3v) is 23.8. The Morgan fingerprint density at radius 2 is 0.714 bits per heavy atom. The number of hydrogen-bond acceptors (Lipinski definition) is 11. The normalized spacial score (nSPS) is 12.1. The molecule has 77 heavy (non-hydrogen) atoms. The molecule has 0 saturated heterocycles. The minimum absolute atomic E-state index is 0.0376. The Balaban J connectivity index is 2.96. The Labute approximate surface area is 468 Å². The number of unbranched alkanes of at least 4 members (excludes halogenated alkanes) is 13. The summed E-state index contributed by atoms with van der Waals surface area (Å²) in [5.41, 5.74) is -1.71. The van der Waals surface area contributed by atoms with Crippen molar-refractivity contribution in [3.63, 3.8) is 0 Å². The molecule has 0 aliphatic carbocycles. The highest BCUT2D eigenvalue weighted by Gasteiger charge is 2.30. The molecule has 0 spiro atoms. The van der Waals surface area contributed by atoms with Gasteiger partial charge in [0.1, 0.15) is 0 Å². The number of carbonyl (C=O) groups is 3. The fraction of sp³-hybridized carbons (Fsp3) is 0.891. The fourth-order valence-corrected chi connectivity index (χ4v) is 13.2. The number of hydrogen-bond donors (Lipinski definition) is 2. The van der Waals surface area contributed by atoms with E-state index in [0.29, 0.717) is 65.0 Å². The van der Waals surface area contributed by atoms with E-state index in [4.69, 9.17) is 22.1 Å². The van der Waals surface area contributed by atoms with Gasteiger partial charge in [-0.25, -0.2) is 37.7 Å². The van der Waals surface area contributed by atoms with Gasteiger partial charge in [0, 0.05) is 114 Å². The molecule has 0 aliphatic rings. The molecule has 22 heteroatoms. The standard InChI is InChI=1S/C55H112N8O11Si3/c1-13-16-38-58(41-33-48-76(11,71-5)72-6)50(64)35-26-20-19-23-29-44-61-53(67)62(45-30-24-21-27-36-56-51(65)59(39-17-14-2)42-32-47-75(9,10)70-4)55(69)63(54(61)68)46-31-25-22-28-37-57-52(66)60(40-18-15-3)43-34-49-77(12,73-7)74-8/h13-49H2,1-12H3,(H,56,65)(H,57,66). The smallest absolute Gasteiger partial charge is 0.336 e. The van der Waals surface area contributed by atoms with Gasteiger partial charge in [0.25, 0.3) is 0 Å². The van der Waals surface area contributed by atoms with Crippen LogP contribution in [-0.2, 0) is 46.6 Å². The minimum atomic E-state index is -2.22. The van der Waals surface area contributed by atoms with E-state index in [0.717, 1.165) is 153 Å². The molecule has 1 rings (SSSR count). The third-order valence-electron chi connectivity index (χ3n) is 15.2. The summed E-state index contributed by atoms with van der Waals surface area (Å²) in [4.78, 5) is 87.1. The Morgan fingerprint density at radius 3 is 1.08 bits per heavy atom. The summed E-state index contributed by atoms with van der Waals surface area (Å²) in [7, 11) is 2.42. The van der Waals surface area contributed by atoms with Crippen molar-refractivity contribution in [1.29, 1.82) is 0 Å². The van der Waals surface area contributed by atoms with E-state index in [-0.39, 0.29) is 37.6 Å². The number of amides is 5. The van der Waals surface area contributed by atoms with Crippen molar-refractivity contribution < 1.29 is 36.5 Å². The zero-order valence-corrected chi connectivity index (χ0v) is 53.8. The molecular formula is C55H112N8O11Si3. The highest BCUT2D eigenvalue weighted by atomic mass is 28.4. The van der Waals surface area contributed by atoms with E-state index < -0.39 is 42.5 Å². The van der Waals surface area contributed by atoms with Gasteiger partial charge in [-0.15, -0.1) is 0 Å². The van der Waals surface area contributed by atoms with Crippen molar-refractivity contribution in [2.75, 3.05) is 87.9 Å². The lowest BCUT2D eigenvalue weighted by Crippen LogP contribution is -2.54. The second kappa shape index (κ2) is 41.8. The van der Waals surface area contributed by atoms with Gasteiger partial charge in [-0.3, -0.25) is 4.79 Å². The topological polar surface area (TPSA) is 197 Å². The summed E-state index contributed by atoms with van der Waals surface area (Å²) in [5.74, 6) is 0.176. The fourth-order valence-electron chi connectivity index (χ4n) is 9.19. The number of urea groups is 2. The molecule has 0 atom stereocenters. The van der Waals surface area contributed by atoms with Crippen molar-refractivity contribution in [1.82, 2.24) is 39.0 Å². The third kappa shape index (κ3) is 29.8. The molecule has 5 amide bonds. The number of rotatable bonds is 48. The molecule has 0 radical (unpaired) electrons. The summed E-state index contributed by atoms with van der Waals surface area (Å²) >= 11 is 0. The van der Waals surface area contributed by atoms with Crippen LogP contribution in [0.25, 0.3) is 0 Å². The van der Waals surface area contributed by atoms with E-state index in [1.165, 1.54) is 13.7 Å². The van der Waals surface area contributed by atoms with Crippen molar-refractivity contribution >= 4 is 43.4 Å². The average Bonchev–Trinajstić information content (AvgIpc) is 3.42. The molecule has 0 aromatic carbocycles. The van der Waals surface area contributed by atoms with Gasteiger partial charge in [0.15, 0.2) is 8.32 Å². The molecule has 1 aromatic heterocycles. The summed E-state index contributed by atoms with van der Waals surface area (Å²) in [6.45, 7) is 20.7. The van der Waals surface area contributed by atoms with Gasteiger partial charge < -0.3 is 47.5 Å². The number of nitrogens with one attached hydrogen (secondary N) is 2. The molecule has 1 aromatic rings. The Kier molecular flexibility index (Phi) is 39.0. The van der Waals surface area contributed by atoms with Crippen LogP contribution in [0.5, 0.6) is 0 Å². The maximum absolute atomic E-state index is 13.9.